The first kappa shape index (κ1) is 28.8. The number of benzene rings is 1. The second-order valence-electron chi connectivity index (χ2n) is 8.45. The number of hydrogen-bond donors (Lipinski definition) is 2. The molecule has 184 valence electrons. The Kier molecular flexibility index (Phi) is 17.3. The smallest absolute Gasteiger partial charge is 0.282 e. The van der Waals surface area contributed by atoms with Crippen LogP contribution >= 0.6 is 0 Å². The van der Waals surface area contributed by atoms with Gasteiger partial charge in [-0.2, -0.15) is 0 Å². The van der Waals surface area contributed by atoms with Crippen molar-refractivity contribution in [2.24, 2.45) is 0 Å². The van der Waals surface area contributed by atoms with Crippen LogP contribution in [-0.2, 0) is 20.8 Å². The molecule has 0 saturated carbocycles. The lowest BCUT2D eigenvalue weighted by atomic mass is 10.1. The molecular formula is C27H48N2O3. The van der Waals surface area contributed by atoms with Crippen LogP contribution in [0.4, 0.5) is 0 Å². The standard InChI is InChI=1S/C27H48N2O3/c1-5-25-16-18-26(19-17-25)24-29-23-22-28-21-15-13-11-9-7-6-8-10-12-14-20-27(30-2,31-3)32-4/h5,16-19,28-29H,1,6-15,20-24H2,2-4H3. The molecule has 1 aromatic rings. The van der Waals surface area contributed by atoms with E-state index < -0.39 is 5.97 Å². The maximum absolute atomic E-state index is 5.33. The molecule has 5 nitrogen and oxygen atoms in total. The van der Waals surface area contributed by atoms with Gasteiger partial charge in [-0.1, -0.05) is 88.3 Å². The number of rotatable bonds is 22. The van der Waals surface area contributed by atoms with E-state index in [0.29, 0.717) is 0 Å². The predicted molar refractivity (Wildman–Crippen MR) is 136 cm³/mol. The summed E-state index contributed by atoms with van der Waals surface area (Å²) in [5.41, 5.74) is 2.49. The highest BCUT2D eigenvalue weighted by Crippen LogP contribution is 2.21. The molecule has 5 heteroatoms. The Balaban J connectivity index is 1.80. The zero-order valence-corrected chi connectivity index (χ0v) is 20.9. The van der Waals surface area contributed by atoms with Gasteiger partial charge in [0.15, 0.2) is 0 Å². The second-order valence-corrected chi connectivity index (χ2v) is 8.45. The van der Waals surface area contributed by atoms with E-state index in [-0.39, 0.29) is 0 Å². The van der Waals surface area contributed by atoms with E-state index in [1.54, 1.807) is 21.3 Å². The largest absolute Gasteiger partial charge is 0.331 e. The van der Waals surface area contributed by atoms with Gasteiger partial charge in [0.25, 0.3) is 5.97 Å². The molecule has 0 fully saturated rings. The summed E-state index contributed by atoms with van der Waals surface area (Å²) in [5.74, 6) is -0.857. The summed E-state index contributed by atoms with van der Waals surface area (Å²) in [4.78, 5) is 0. The Bertz CT molecular complexity index is 550. The lowest BCUT2D eigenvalue weighted by molar-refractivity contribution is -0.355. The summed E-state index contributed by atoms with van der Waals surface area (Å²) in [6.07, 6.45) is 15.6. The molecule has 0 aliphatic carbocycles. The average molecular weight is 449 g/mol. The molecule has 0 aliphatic heterocycles. The van der Waals surface area contributed by atoms with Crippen LogP contribution in [-0.4, -0.2) is 46.9 Å². The molecular weight excluding hydrogens is 400 g/mol. The van der Waals surface area contributed by atoms with Crippen molar-refractivity contribution in [1.29, 1.82) is 0 Å². The molecule has 0 amide bonds. The van der Waals surface area contributed by atoms with Crippen molar-refractivity contribution in [1.82, 2.24) is 10.6 Å². The summed E-state index contributed by atoms with van der Waals surface area (Å²) in [7, 11) is 4.89. The van der Waals surface area contributed by atoms with E-state index in [9.17, 15) is 0 Å². The van der Waals surface area contributed by atoms with Crippen LogP contribution in [0.5, 0.6) is 0 Å². The summed E-state index contributed by atoms with van der Waals surface area (Å²) in [6, 6.07) is 8.55. The summed E-state index contributed by atoms with van der Waals surface area (Å²) in [6.45, 7) is 7.88. The minimum atomic E-state index is -0.857. The molecule has 0 heterocycles. The first-order valence-electron chi connectivity index (χ1n) is 12.5. The fourth-order valence-electron chi connectivity index (χ4n) is 3.87. The number of unbranched alkanes of at least 4 members (excludes halogenated alkanes) is 9. The third-order valence-electron chi connectivity index (χ3n) is 6.04. The summed E-state index contributed by atoms with van der Waals surface area (Å²) >= 11 is 0. The Labute approximate surface area is 197 Å². The van der Waals surface area contributed by atoms with E-state index in [4.69, 9.17) is 14.2 Å². The van der Waals surface area contributed by atoms with Crippen LogP contribution in [0.2, 0.25) is 0 Å². The van der Waals surface area contributed by atoms with Gasteiger partial charge in [-0.25, -0.2) is 0 Å². The van der Waals surface area contributed by atoms with E-state index in [0.717, 1.165) is 39.0 Å². The van der Waals surface area contributed by atoms with Crippen molar-refractivity contribution in [2.45, 2.75) is 83.1 Å². The number of ether oxygens (including phenoxy) is 3. The second kappa shape index (κ2) is 19.2. The zero-order valence-electron chi connectivity index (χ0n) is 20.9. The third-order valence-corrected chi connectivity index (χ3v) is 6.04. The SMILES string of the molecule is C=Cc1ccc(CNCCNCCCCCCCCCCCCC(OC)(OC)OC)cc1. The zero-order chi connectivity index (χ0) is 23.3. The maximum atomic E-state index is 5.33. The molecule has 0 unspecified atom stereocenters. The fraction of sp³-hybridized carbons (Fsp3) is 0.704. The normalized spacial score (nSPS) is 11.7. The van der Waals surface area contributed by atoms with Gasteiger partial charge in [-0.15, -0.1) is 0 Å². The van der Waals surface area contributed by atoms with Crippen molar-refractivity contribution in [2.75, 3.05) is 41.0 Å². The average Bonchev–Trinajstić information content (AvgIpc) is 2.84. The van der Waals surface area contributed by atoms with Crippen LogP contribution in [0, 0.1) is 0 Å². The molecule has 0 radical (unpaired) electrons. The van der Waals surface area contributed by atoms with Gasteiger partial charge in [-0.3, -0.25) is 0 Å². The van der Waals surface area contributed by atoms with Gasteiger partial charge in [0.2, 0.25) is 0 Å². The van der Waals surface area contributed by atoms with Crippen molar-refractivity contribution < 1.29 is 14.2 Å². The van der Waals surface area contributed by atoms with Gasteiger partial charge in [0.1, 0.15) is 0 Å². The molecule has 0 bridgehead atoms. The maximum Gasteiger partial charge on any atom is 0.282 e. The van der Waals surface area contributed by atoms with Gasteiger partial charge >= 0.3 is 0 Å². The van der Waals surface area contributed by atoms with E-state index in [1.165, 1.54) is 68.9 Å². The van der Waals surface area contributed by atoms with Gasteiger partial charge < -0.3 is 24.8 Å². The molecule has 2 N–H and O–H groups in total. The van der Waals surface area contributed by atoms with Crippen LogP contribution in [0.15, 0.2) is 30.8 Å². The molecule has 0 spiro atoms. The van der Waals surface area contributed by atoms with Gasteiger partial charge in [0, 0.05) is 47.4 Å². The van der Waals surface area contributed by atoms with Crippen LogP contribution < -0.4 is 10.6 Å². The van der Waals surface area contributed by atoms with E-state index in [2.05, 4.69) is 41.5 Å². The minimum absolute atomic E-state index is 0.782. The number of hydrogen-bond acceptors (Lipinski definition) is 5. The molecule has 32 heavy (non-hydrogen) atoms. The molecule has 1 aromatic carbocycles. The van der Waals surface area contributed by atoms with Crippen molar-refractivity contribution in [3.05, 3.63) is 42.0 Å². The summed E-state index contributed by atoms with van der Waals surface area (Å²) < 4.78 is 16.0. The number of methoxy groups -OCH3 is 3. The number of nitrogens with one attached hydrogen (secondary N) is 2. The highest BCUT2D eigenvalue weighted by Gasteiger charge is 2.28. The Morgan fingerprint density at radius 2 is 1.19 bits per heavy atom. The third kappa shape index (κ3) is 13.3. The van der Waals surface area contributed by atoms with Crippen LogP contribution in [0.25, 0.3) is 6.08 Å². The predicted octanol–water partition coefficient (Wildman–Crippen LogP) is 5.89. The van der Waals surface area contributed by atoms with Crippen LogP contribution in [0.3, 0.4) is 0 Å². The first-order valence-corrected chi connectivity index (χ1v) is 12.5. The van der Waals surface area contributed by atoms with E-state index >= 15 is 0 Å². The van der Waals surface area contributed by atoms with Crippen molar-refractivity contribution in [3.8, 4) is 0 Å². The monoisotopic (exact) mass is 448 g/mol. The van der Waals surface area contributed by atoms with Crippen LogP contribution in [0.1, 0.15) is 81.8 Å². The van der Waals surface area contributed by atoms with Gasteiger partial charge in [0.05, 0.1) is 0 Å². The van der Waals surface area contributed by atoms with Gasteiger partial charge in [-0.05, 0) is 30.5 Å². The minimum Gasteiger partial charge on any atom is -0.331 e. The first-order chi connectivity index (χ1) is 15.7. The quantitative estimate of drug-likeness (QED) is 0.171. The molecule has 0 aliphatic rings. The summed E-state index contributed by atoms with van der Waals surface area (Å²) in [5, 5.41) is 7.03. The Morgan fingerprint density at radius 1 is 0.688 bits per heavy atom. The lowest BCUT2D eigenvalue weighted by Crippen LogP contribution is -2.35. The Hall–Kier alpha value is -1.24. The highest BCUT2D eigenvalue weighted by molar-refractivity contribution is 5.47. The van der Waals surface area contributed by atoms with E-state index in [1.807, 2.05) is 6.08 Å². The molecule has 0 saturated heterocycles. The lowest BCUT2D eigenvalue weighted by Gasteiger charge is -2.28. The Morgan fingerprint density at radius 3 is 1.72 bits per heavy atom. The topological polar surface area (TPSA) is 51.8 Å². The van der Waals surface area contributed by atoms with Crippen molar-refractivity contribution in [3.63, 3.8) is 0 Å². The van der Waals surface area contributed by atoms with Crippen molar-refractivity contribution >= 4 is 6.08 Å². The molecule has 0 atom stereocenters. The highest BCUT2D eigenvalue weighted by atomic mass is 16.9. The molecule has 1 rings (SSSR count). The fourth-order valence-corrected chi connectivity index (χ4v) is 3.87. The molecule has 0 aromatic heterocycles.